The van der Waals surface area contributed by atoms with Crippen molar-refractivity contribution in [1.29, 1.82) is 0 Å². The maximum Gasteiger partial charge on any atom is 0.301 e. The third-order valence-corrected chi connectivity index (χ3v) is 5.43. The van der Waals surface area contributed by atoms with Crippen molar-refractivity contribution in [2.24, 2.45) is 10.3 Å². The summed E-state index contributed by atoms with van der Waals surface area (Å²) in [6.45, 7) is 2.97. The monoisotopic (exact) mass is 323 g/mol. The average Bonchev–Trinajstić information content (AvgIpc) is 3.20. The van der Waals surface area contributed by atoms with Gasteiger partial charge < -0.3 is 0 Å². The van der Waals surface area contributed by atoms with Crippen molar-refractivity contribution in [2.45, 2.75) is 25.7 Å². The fourth-order valence-electron chi connectivity index (χ4n) is 2.68. The lowest BCUT2D eigenvalue weighted by Gasteiger charge is -2.17. The third kappa shape index (κ3) is 3.56. The molecule has 1 aromatic carbocycles. The van der Waals surface area contributed by atoms with E-state index in [-0.39, 0.29) is 0 Å². The van der Waals surface area contributed by atoms with Gasteiger partial charge in [-0.2, -0.15) is 12.7 Å². The summed E-state index contributed by atoms with van der Waals surface area (Å²) in [5.74, 6) is 0. The van der Waals surface area contributed by atoms with E-state index in [9.17, 15) is 8.42 Å². The number of anilines is 1. The smallest absolute Gasteiger partial charge is 0.278 e. The number of nitrogens with zero attached hydrogens (tertiary/aromatic N) is 4. The van der Waals surface area contributed by atoms with Crippen molar-refractivity contribution < 1.29 is 8.42 Å². The summed E-state index contributed by atoms with van der Waals surface area (Å²) < 4.78 is 28.8. The van der Waals surface area contributed by atoms with E-state index in [1.807, 2.05) is 11.1 Å². The Kier molecular flexibility index (Phi) is 4.58. The molecule has 0 saturated carbocycles. The molecule has 2 aliphatic heterocycles. The Hall–Kier alpha value is -1.67. The Morgan fingerprint density at radius 1 is 0.955 bits per heavy atom. The highest BCUT2D eigenvalue weighted by Gasteiger charge is 2.25. The predicted octanol–water partition coefficient (Wildman–Crippen LogP) is 2.53. The van der Waals surface area contributed by atoms with Crippen LogP contribution in [-0.2, 0) is 10.2 Å². The van der Waals surface area contributed by atoms with E-state index >= 15 is 0 Å². The van der Waals surface area contributed by atoms with Crippen LogP contribution in [0.5, 0.6) is 0 Å². The van der Waals surface area contributed by atoms with E-state index in [0.29, 0.717) is 24.5 Å². The second-order valence-corrected chi connectivity index (χ2v) is 7.25. The molecule has 1 N–H and O–H groups in total. The second-order valence-electron chi connectivity index (χ2n) is 5.58. The lowest BCUT2D eigenvalue weighted by atomic mass is 10.3. The molecule has 7 nitrogen and oxygen atoms in total. The molecule has 0 aromatic heterocycles. The van der Waals surface area contributed by atoms with Gasteiger partial charge in [-0.25, -0.2) is 0 Å². The fraction of sp³-hybridized carbons (Fsp3) is 0.571. The van der Waals surface area contributed by atoms with Gasteiger partial charge in [-0.3, -0.25) is 9.73 Å². The molecule has 0 aliphatic carbocycles. The molecule has 22 heavy (non-hydrogen) atoms. The van der Waals surface area contributed by atoms with Gasteiger partial charge in [0.2, 0.25) is 0 Å². The van der Waals surface area contributed by atoms with Crippen molar-refractivity contribution in [3.05, 3.63) is 24.3 Å². The van der Waals surface area contributed by atoms with Gasteiger partial charge in [0.1, 0.15) is 5.69 Å². The summed E-state index contributed by atoms with van der Waals surface area (Å²) in [5.41, 5.74) is 1.01. The topological polar surface area (TPSA) is 77.4 Å². The zero-order valence-electron chi connectivity index (χ0n) is 12.5. The maximum atomic E-state index is 12.3. The highest BCUT2D eigenvalue weighted by Crippen LogP contribution is 2.27. The Morgan fingerprint density at radius 3 is 2.32 bits per heavy atom. The van der Waals surface area contributed by atoms with E-state index in [4.69, 9.17) is 0 Å². The molecule has 3 rings (SSSR count). The Morgan fingerprint density at radius 2 is 1.59 bits per heavy atom. The summed E-state index contributed by atoms with van der Waals surface area (Å²) >= 11 is 0. The number of benzene rings is 1. The highest BCUT2D eigenvalue weighted by molar-refractivity contribution is 7.90. The van der Waals surface area contributed by atoms with Crippen LogP contribution in [-0.4, -0.2) is 43.9 Å². The lowest BCUT2D eigenvalue weighted by Crippen LogP contribution is -2.33. The minimum Gasteiger partial charge on any atom is -0.278 e. The summed E-state index contributed by atoms with van der Waals surface area (Å²) in [6.07, 6.45) is 4.08. The molecule has 0 unspecified atom stereocenters. The summed E-state index contributed by atoms with van der Waals surface area (Å²) in [5, 5.41) is 10.3. The highest BCUT2D eigenvalue weighted by atomic mass is 32.2. The molecular weight excluding hydrogens is 302 g/mol. The van der Waals surface area contributed by atoms with Crippen molar-refractivity contribution in [3.8, 4) is 0 Å². The quantitative estimate of drug-likeness (QED) is 0.846. The zero-order chi connectivity index (χ0) is 15.4. The number of nitrogens with one attached hydrogen (secondary N) is 1. The molecule has 2 fully saturated rings. The normalized spacial score (nSPS) is 20.1. The van der Waals surface area contributed by atoms with Crippen LogP contribution in [0.2, 0.25) is 0 Å². The fourth-order valence-corrected chi connectivity index (χ4v) is 4.00. The average molecular weight is 323 g/mol. The van der Waals surface area contributed by atoms with E-state index in [1.165, 1.54) is 4.31 Å². The molecule has 0 spiro atoms. The van der Waals surface area contributed by atoms with E-state index in [0.717, 1.165) is 38.8 Å². The number of rotatable bonds is 5. The van der Waals surface area contributed by atoms with Crippen LogP contribution < -0.4 is 4.72 Å². The molecule has 2 aliphatic rings. The van der Waals surface area contributed by atoms with E-state index < -0.39 is 10.2 Å². The minimum atomic E-state index is -3.50. The van der Waals surface area contributed by atoms with Gasteiger partial charge in [0.25, 0.3) is 0 Å². The van der Waals surface area contributed by atoms with Crippen molar-refractivity contribution in [2.75, 3.05) is 30.9 Å². The Balaban J connectivity index is 1.75. The van der Waals surface area contributed by atoms with Crippen LogP contribution in [0.3, 0.4) is 0 Å². The van der Waals surface area contributed by atoms with Gasteiger partial charge in [0.15, 0.2) is 0 Å². The van der Waals surface area contributed by atoms with Gasteiger partial charge in [-0.1, -0.05) is 17.4 Å². The first-order valence-corrected chi connectivity index (χ1v) is 9.13. The van der Waals surface area contributed by atoms with Crippen LogP contribution in [0.1, 0.15) is 25.7 Å². The van der Waals surface area contributed by atoms with Gasteiger partial charge in [0.05, 0.1) is 5.69 Å². The summed E-state index contributed by atoms with van der Waals surface area (Å²) in [4.78, 5) is 0. The molecule has 120 valence electrons. The molecule has 0 bridgehead atoms. The van der Waals surface area contributed by atoms with E-state index in [1.54, 1.807) is 18.2 Å². The molecular formula is C14H21N5O2S. The SMILES string of the molecule is O=S(=O)(Nc1ccccc1N=NN1CCCC1)N1CCCC1. The summed E-state index contributed by atoms with van der Waals surface area (Å²) in [7, 11) is -3.50. The first-order valence-electron chi connectivity index (χ1n) is 7.69. The molecule has 2 heterocycles. The molecule has 2 saturated heterocycles. The van der Waals surface area contributed by atoms with Crippen molar-refractivity contribution in [3.63, 3.8) is 0 Å². The number of hydrogen-bond acceptors (Lipinski definition) is 4. The van der Waals surface area contributed by atoms with Crippen LogP contribution >= 0.6 is 0 Å². The minimum absolute atomic E-state index is 0.470. The van der Waals surface area contributed by atoms with Crippen molar-refractivity contribution in [1.82, 2.24) is 9.31 Å². The lowest BCUT2D eigenvalue weighted by molar-refractivity contribution is 0.337. The molecule has 1 aromatic rings. The number of hydrogen-bond donors (Lipinski definition) is 1. The van der Waals surface area contributed by atoms with Crippen molar-refractivity contribution >= 4 is 21.6 Å². The Bertz CT molecular complexity index is 634. The van der Waals surface area contributed by atoms with Crippen LogP contribution in [0.25, 0.3) is 0 Å². The Labute approximate surface area is 131 Å². The molecule has 0 atom stereocenters. The first-order chi connectivity index (χ1) is 10.6. The van der Waals surface area contributed by atoms with Gasteiger partial charge in [0, 0.05) is 26.2 Å². The van der Waals surface area contributed by atoms with Crippen LogP contribution in [0.15, 0.2) is 34.6 Å². The standard InChI is InChI=1S/C14H21N5O2S/c20-22(21,19-11-5-6-12-19)16-14-8-2-1-7-13(14)15-17-18-9-3-4-10-18/h1-2,7-8,16H,3-6,9-12H2. The molecule has 0 radical (unpaired) electrons. The zero-order valence-corrected chi connectivity index (χ0v) is 13.3. The maximum absolute atomic E-state index is 12.3. The van der Waals surface area contributed by atoms with Crippen LogP contribution in [0.4, 0.5) is 11.4 Å². The molecule has 0 amide bonds. The largest absolute Gasteiger partial charge is 0.301 e. The summed E-state index contributed by atoms with van der Waals surface area (Å²) in [6, 6.07) is 7.09. The van der Waals surface area contributed by atoms with E-state index in [2.05, 4.69) is 15.1 Å². The van der Waals surface area contributed by atoms with Gasteiger partial charge in [-0.15, -0.1) is 5.11 Å². The second kappa shape index (κ2) is 6.62. The third-order valence-electron chi connectivity index (χ3n) is 3.91. The predicted molar refractivity (Wildman–Crippen MR) is 85.1 cm³/mol. The van der Waals surface area contributed by atoms with Gasteiger partial charge in [-0.05, 0) is 37.8 Å². The van der Waals surface area contributed by atoms with Crippen LogP contribution in [0, 0.1) is 0 Å². The molecule has 8 heteroatoms. The first kappa shape index (κ1) is 15.2. The van der Waals surface area contributed by atoms with Gasteiger partial charge >= 0.3 is 10.2 Å². The number of para-hydroxylation sites is 1.